The van der Waals surface area contributed by atoms with E-state index < -0.39 is 6.10 Å². The van der Waals surface area contributed by atoms with Crippen LogP contribution in [0.3, 0.4) is 0 Å². The fourth-order valence-electron chi connectivity index (χ4n) is 6.00. The maximum atomic E-state index is 12.7. The first kappa shape index (κ1) is 55.1. The SMILES string of the molecule is CC\C=C/C=C\C=C/C=C\C=C/CCCCCC(=O)OCC(COC(=O)CCCCCCCCCCCCCCC)OC(=O)CCCCC\C=C/C=C\C=C/C=C\CC. The van der Waals surface area contributed by atoms with Crippen LogP contribution in [0.1, 0.15) is 188 Å². The van der Waals surface area contributed by atoms with Crippen LogP contribution in [0, 0.1) is 0 Å². The summed E-state index contributed by atoms with van der Waals surface area (Å²) < 4.78 is 16.7. The first-order chi connectivity index (χ1) is 29.0. The van der Waals surface area contributed by atoms with E-state index in [0.29, 0.717) is 19.3 Å². The molecule has 1 unspecified atom stereocenters. The second-order valence-electron chi connectivity index (χ2n) is 15.1. The lowest BCUT2D eigenvalue weighted by Crippen LogP contribution is -2.30. The van der Waals surface area contributed by atoms with Gasteiger partial charge in [-0.1, -0.05) is 220 Å². The fourth-order valence-corrected chi connectivity index (χ4v) is 6.00. The van der Waals surface area contributed by atoms with Crippen molar-refractivity contribution in [3.63, 3.8) is 0 Å². The molecule has 0 saturated carbocycles. The van der Waals surface area contributed by atoms with Gasteiger partial charge in [-0.05, 0) is 57.8 Å². The number of carbonyl (C=O) groups excluding carboxylic acids is 3. The van der Waals surface area contributed by atoms with E-state index in [1.54, 1.807) is 0 Å². The van der Waals surface area contributed by atoms with Crippen molar-refractivity contribution in [2.75, 3.05) is 13.2 Å². The molecule has 6 nitrogen and oxygen atoms in total. The van der Waals surface area contributed by atoms with Crippen molar-refractivity contribution in [3.05, 3.63) is 109 Å². The summed E-state index contributed by atoms with van der Waals surface area (Å²) in [5.41, 5.74) is 0. The summed E-state index contributed by atoms with van der Waals surface area (Å²) in [6.07, 6.45) is 62.1. The highest BCUT2D eigenvalue weighted by atomic mass is 16.6. The van der Waals surface area contributed by atoms with Crippen LogP contribution in [0.25, 0.3) is 0 Å². The van der Waals surface area contributed by atoms with Gasteiger partial charge in [0.25, 0.3) is 0 Å². The van der Waals surface area contributed by atoms with Crippen LogP contribution < -0.4 is 0 Å². The van der Waals surface area contributed by atoms with Crippen molar-refractivity contribution in [1.29, 1.82) is 0 Å². The molecule has 0 fully saturated rings. The van der Waals surface area contributed by atoms with E-state index in [2.05, 4.69) is 45.1 Å². The zero-order valence-electron chi connectivity index (χ0n) is 37.7. The van der Waals surface area contributed by atoms with Crippen molar-refractivity contribution >= 4 is 17.9 Å². The van der Waals surface area contributed by atoms with Crippen LogP contribution in [0.2, 0.25) is 0 Å². The van der Waals surface area contributed by atoms with Crippen molar-refractivity contribution in [2.45, 2.75) is 194 Å². The molecular formula is C53H84O6. The van der Waals surface area contributed by atoms with Crippen LogP contribution >= 0.6 is 0 Å². The van der Waals surface area contributed by atoms with Crippen LogP contribution in [-0.2, 0) is 28.6 Å². The minimum absolute atomic E-state index is 0.109. The zero-order chi connectivity index (χ0) is 43.0. The Balaban J connectivity index is 4.55. The Labute approximate surface area is 361 Å². The summed E-state index contributed by atoms with van der Waals surface area (Å²) in [7, 11) is 0. The van der Waals surface area contributed by atoms with E-state index in [-0.39, 0.29) is 37.5 Å². The number of esters is 3. The lowest BCUT2D eigenvalue weighted by Gasteiger charge is -2.18. The molecule has 0 spiro atoms. The monoisotopic (exact) mass is 817 g/mol. The molecule has 1 atom stereocenters. The lowest BCUT2D eigenvalue weighted by molar-refractivity contribution is -0.167. The Hall–Kier alpha value is -3.93. The number of ether oxygens (including phenoxy) is 3. The Morgan fingerprint density at radius 3 is 1.03 bits per heavy atom. The molecule has 0 aliphatic heterocycles. The molecular weight excluding hydrogens is 733 g/mol. The van der Waals surface area contributed by atoms with Gasteiger partial charge >= 0.3 is 17.9 Å². The summed E-state index contributed by atoms with van der Waals surface area (Å²) in [6, 6.07) is 0. The van der Waals surface area contributed by atoms with Gasteiger partial charge in [0, 0.05) is 19.3 Å². The van der Waals surface area contributed by atoms with Crippen LogP contribution in [-0.4, -0.2) is 37.2 Å². The van der Waals surface area contributed by atoms with E-state index in [1.807, 2.05) is 85.1 Å². The molecule has 0 N–H and O–H groups in total. The molecule has 0 aliphatic carbocycles. The van der Waals surface area contributed by atoms with Crippen LogP contribution in [0.4, 0.5) is 0 Å². The van der Waals surface area contributed by atoms with Crippen molar-refractivity contribution in [2.24, 2.45) is 0 Å². The average Bonchev–Trinajstić information content (AvgIpc) is 3.23. The van der Waals surface area contributed by atoms with E-state index >= 15 is 0 Å². The molecule has 0 saturated heterocycles. The first-order valence-corrected chi connectivity index (χ1v) is 23.5. The van der Waals surface area contributed by atoms with Gasteiger partial charge in [0.05, 0.1) is 0 Å². The third-order valence-corrected chi connectivity index (χ3v) is 9.50. The molecule has 0 radical (unpaired) electrons. The second kappa shape index (κ2) is 46.8. The van der Waals surface area contributed by atoms with Gasteiger partial charge in [-0.3, -0.25) is 14.4 Å². The van der Waals surface area contributed by atoms with E-state index in [0.717, 1.165) is 77.0 Å². The standard InChI is InChI=1S/C53H84O6/c1-4-7-10-13-16-19-22-25-26-29-31-34-37-40-43-46-52(55)58-49-50(59-53(56)47-44-41-38-35-32-28-24-21-18-15-12-9-6-3)48-57-51(54)45-42-39-36-33-30-27-23-20-17-14-11-8-5-2/h7,9-10,12-13,15-16,18-19,21-22,24-26,28-29,31-32,50H,4-6,8,11,14,17,20,23,27,30,33-49H2,1-3H3/b10-7-,12-9-,16-13-,18-15-,22-19-,24-21-,26-25-,31-29-,32-28-. The zero-order valence-corrected chi connectivity index (χ0v) is 37.7. The number of hydrogen-bond donors (Lipinski definition) is 0. The fraction of sp³-hybridized carbons (Fsp3) is 0.604. The van der Waals surface area contributed by atoms with Gasteiger partial charge in [0.15, 0.2) is 6.10 Å². The molecule has 0 aromatic rings. The minimum atomic E-state index is -0.815. The van der Waals surface area contributed by atoms with E-state index in [9.17, 15) is 14.4 Å². The van der Waals surface area contributed by atoms with Gasteiger partial charge in [0.2, 0.25) is 0 Å². The highest BCUT2D eigenvalue weighted by Gasteiger charge is 2.19. The molecule has 6 heteroatoms. The summed E-state index contributed by atoms with van der Waals surface area (Å²) in [4.78, 5) is 37.8. The second-order valence-corrected chi connectivity index (χ2v) is 15.1. The molecule has 0 rings (SSSR count). The summed E-state index contributed by atoms with van der Waals surface area (Å²) in [5, 5.41) is 0. The lowest BCUT2D eigenvalue weighted by atomic mass is 10.0. The Bertz CT molecular complexity index is 1260. The number of rotatable bonds is 40. The van der Waals surface area contributed by atoms with E-state index in [1.165, 1.54) is 64.2 Å². The molecule has 332 valence electrons. The molecule has 0 aromatic carbocycles. The highest BCUT2D eigenvalue weighted by Crippen LogP contribution is 2.14. The van der Waals surface area contributed by atoms with E-state index in [4.69, 9.17) is 14.2 Å². The smallest absolute Gasteiger partial charge is 0.306 e. The molecule has 0 aromatic heterocycles. The van der Waals surface area contributed by atoms with Gasteiger partial charge in [-0.2, -0.15) is 0 Å². The first-order valence-electron chi connectivity index (χ1n) is 23.5. The Morgan fingerprint density at radius 2 is 0.661 bits per heavy atom. The Kier molecular flexibility index (Phi) is 43.6. The van der Waals surface area contributed by atoms with Gasteiger partial charge < -0.3 is 14.2 Å². The minimum Gasteiger partial charge on any atom is -0.462 e. The van der Waals surface area contributed by atoms with Crippen molar-refractivity contribution < 1.29 is 28.6 Å². The van der Waals surface area contributed by atoms with Gasteiger partial charge in [0.1, 0.15) is 13.2 Å². The van der Waals surface area contributed by atoms with Crippen LogP contribution in [0.15, 0.2) is 109 Å². The normalized spacial score (nSPS) is 13.1. The summed E-state index contributed by atoms with van der Waals surface area (Å²) in [6.45, 7) is 6.26. The van der Waals surface area contributed by atoms with Crippen LogP contribution in [0.5, 0.6) is 0 Å². The van der Waals surface area contributed by atoms with Crippen molar-refractivity contribution in [1.82, 2.24) is 0 Å². The quantitative estimate of drug-likeness (QED) is 0.0265. The van der Waals surface area contributed by atoms with Gasteiger partial charge in [-0.15, -0.1) is 0 Å². The summed E-state index contributed by atoms with van der Waals surface area (Å²) >= 11 is 0. The number of carbonyl (C=O) groups is 3. The predicted octanol–water partition coefficient (Wildman–Crippen LogP) is 15.2. The largest absolute Gasteiger partial charge is 0.462 e. The number of unbranched alkanes of at least 4 members (excludes halogenated alkanes) is 18. The molecule has 59 heavy (non-hydrogen) atoms. The average molecular weight is 817 g/mol. The predicted molar refractivity (Wildman–Crippen MR) is 251 cm³/mol. The summed E-state index contributed by atoms with van der Waals surface area (Å²) in [5.74, 6) is -1.00. The molecule has 0 amide bonds. The maximum absolute atomic E-state index is 12.7. The third kappa shape index (κ3) is 45.0. The topological polar surface area (TPSA) is 78.9 Å². The van der Waals surface area contributed by atoms with Crippen molar-refractivity contribution in [3.8, 4) is 0 Å². The number of allylic oxidation sites excluding steroid dienone is 18. The Morgan fingerprint density at radius 1 is 0.356 bits per heavy atom. The molecule has 0 heterocycles. The number of hydrogen-bond acceptors (Lipinski definition) is 6. The molecule has 0 aliphatic rings. The highest BCUT2D eigenvalue weighted by molar-refractivity contribution is 5.71. The van der Waals surface area contributed by atoms with Gasteiger partial charge in [-0.25, -0.2) is 0 Å². The molecule has 0 bridgehead atoms. The maximum Gasteiger partial charge on any atom is 0.306 e. The third-order valence-electron chi connectivity index (χ3n) is 9.50.